The zero-order valence-corrected chi connectivity index (χ0v) is 16.0. The second-order valence-corrected chi connectivity index (χ2v) is 5.79. The van der Waals surface area contributed by atoms with E-state index in [1.54, 1.807) is 7.11 Å². The molecule has 25 heavy (non-hydrogen) atoms. The van der Waals surface area contributed by atoms with Crippen LogP contribution < -0.4 is 26.3 Å². The maximum Gasteiger partial charge on any atom is 0.169 e. The van der Waals surface area contributed by atoms with Crippen LogP contribution in [0.4, 0.5) is 0 Å². The summed E-state index contributed by atoms with van der Waals surface area (Å²) in [6, 6.07) is 12.2. The predicted molar refractivity (Wildman–Crippen MR) is 93.5 cm³/mol. The number of nitrogens with zero attached hydrogens (tertiary/aromatic N) is 1. The van der Waals surface area contributed by atoms with Crippen molar-refractivity contribution in [3.05, 3.63) is 59.9 Å². The van der Waals surface area contributed by atoms with Crippen molar-refractivity contribution >= 4 is 12.2 Å². The molecule has 5 heteroatoms. The Hall–Kier alpha value is -1.69. The van der Waals surface area contributed by atoms with Gasteiger partial charge in [0.15, 0.2) is 25.2 Å². The van der Waals surface area contributed by atoms with Gasteiger partial charge in [-0.15, -0.1) is 0 Å². The van der Waals surface area contributed by atoms with Crippen LogP contribution in [0.5, 0.6) is 5.75 Å². The number of methoxy groups -OCH3 is 1. The normalized spacial score (nSPS) is 15.1. The monoisotopic (exact) mass is 405 g/mol. The van der Waals surface area contributed by atoms with Gasteiger partial charge in [0.25, 0.3) is 0 Å². The second kappa shape index (κ2) is 10.3. The number of halogens is 1. The number of benzene rings is 1. The van der Waals surface area contributed by atoms with E-state index in [1.807, 2.05) is 24.3 Å². The van der Waals surface area contributed by atoms with Crippen molar-refractivity contribution in [1.29, 1.82) is 0 Å². The van der Waals surface area contributed by atoms with Crippen LogP contribution in [0.15, 0.2) is 48.8 Å². The third kappa shape index (κ3) is 6.27. The molecule has 1 aromatic carbocycles. The van der Waals surface area contributed by atoms with Crippen LogP contribution >= 0.6 is 0 Å². The van der Waals surface area contributed by atoms with Crippen LogP contribution in [0.3, 0.4) is 0 Å². The van der Waals surface area contributed by atoms with Gasteiger partial charge in [-0.05, 0) is 29.7 Å². The van der Waals surface area contributed by atoms with Gasteiger partial charge in [0.2, 0.25) is 0 Å². The second-order valence-electron chi connectivity index (χ2n) is 5.79. The lowest BCUT2D eigenvalue weighted by molar-refractivity contribution is -0.699. The molecule has 1 saturated heterocycles. The fourth-order valence-electron chi connectivity index (χ4n) is 2.59. The van der Waals surface area contributed by atoms with Crippen LogP contribution in [-0.2, 0) is 16.0 Å². The summed E-state index contributed by atoms with van der Waals surface area (Å²) >= 11 is 0. The summed E-state index contributed by atoms with van der Waals surface area (Å²) in [5.74, 6) is 0.874. The fraction of sp³-hybridized carbons (Fsp3) is 0.350. The van der Waals surface area contributed by atoms with Gasteiger partial charge in [0, 0.05) is 12.1 Å². The minimum absolute atomic E-state index is 0. The molecule has 3 rings (SSSR count). The molecule has 4 nitrogen and oxygen atoms in total. The molecular formula is C20H24BrNO3. The standard InChI is InChI=1S/C20H24NO3.BrH/c1-22-19-7-5-17(6-8-19)3-4-18-9-12-21(13-10-18)14-11-20-23-15-2-16-24-20;/h3-10,12-13,20H,2,11,14-16H2,1H3;1H/q+1;/p-1. The Kier molecular flexibility index (Phi) is 8.12. The van der Waals surface area contributed by atoms with Crippen molar-refractivity contribution in [3.8, 4) is 5.75 Å². The maximum absolute atomic E-state index is 5.57. The van der Waals surface area contributed by atoms with Crippen LogP contribution in [0.2, 0.25) is 0 Å². The molecule has 0 aliphatic carbocycles. The zero-order chi connectivity index (χ0) is 16.6. The SMILES string of the molecule is COc1ccc(C=Cc2cc[n+](CCC3OCCCO3)cc2)cc1.[Br-]. The highest BCUT2D eigenvalue weighted by atomic mass is 79.9. The number of pyridine rings is 1. The molecule has 0 saturated carbocycles. The Balaban J connectivity index is 0.00000225. The largest absolute Gasteiger partial charge is 1.00 e. The van der Waals surface area contributed by atoms with Crippen molar-refractivity contribution in [3.63, 3.8) is 0 Å². The number of hydrogen-bond donors (Lipinski definition) is 0. The summed E-state index contributed by atoms with van der Waals surface area (Å²) < 4.78 is 18.5. The minimum atomic E-state index is -0.0547. The van der Waals surface area contributed by atoms with Gasteiger partial charge in [-0.25, -0.2) is 4.57 Å². The summed E-state index contributed by atoms with van der Waals surface area (Å²) in [4.78, 5) is 0. The van der Waals surface area contributed by atoms with Crippen LogP contribution in [0.1, 0.15) is 24.0 Å². The first-order chi connectivity index (χ1) is 11.8. The van der Waals surface area contributed by atoms with E-state index < -0.39 is 0 Å². The Morgan fingerprint density at radius 3 is 2.20 bits per heavy atom. The van der Waals surface area contributed by atoms with E-state index in [0.717, 1.165) is 43.9 Å². The van der Waals surface area contributed by atoms with Crippen molar-refractivity contribution in [2.24, 2.45) is 0 Å². The van der Waals surface area contributed by atoms with Gasteiger partial charge in [0.1, 0.15) is 5.75 Å². The molecule has 0 radical (unpaired) electrons. The summed E-state index contributed by atoms with van der Waals surface area (Å²) in [5, 5.41) is 0. The molecular weight excluding hydrogens is 382 g/mol. The summed E-state index contributed by atoms with van der Waals surface area (Å²) in [7, 11) is 1.68. The van der Waals surface area contributed by atoms with Gasteiger partial charge >= 0.3 is 0 Å². The highest BCUT2D eigenvalue weighted by Gasteiger charge is 2.15. The summed E-state index contributed by atoms with van der Waals surface area (Å²) in [5.41, 5.74) is 2.33. The molecule has 1 aliphatic heterocycles. The Morgan fingerprint density at radius 2 is 1.60 bits per heavy atom. The van der Waals surface area contributed by atoms with Crippen LogP contribution in [-0.4, -0.2) is 26.6 Å². The molecule has 0 bridgehead atoms. The van der Waals surface area contributed by atoms with Gasteiger partial charge in [0.05, 0.1) is 26.7 Å². The van der Waals surface area contributed by atoms with E-state index in [-0.39, 0.29) is 23.3 Å². The fourth-order valence-corrected chi connectivity index (χ4v) is 2.59. The van der Waals surface area contributed by atoms with Gasteiger partial charge in [-0.1, -0.05) is 24.3 Å². The third-order valence-corrected chi connectivity index (χ3v) is 4.02. The highest BCUT2D eigenvalue weighted by molar-refractivity contribution is 5.69. The first-order valence-electron chi connectivity index (χ1n) is 8.38. The molecule has 1 fully saturated rings. The summed E-state index contributed by atoms with van der Waals surface area (Å²) in [6.45, 7) is 2.52. The predicted octanol–water partition coefficient (Wildman–Crippen LogP) is 0.310. The van der Waals surface area contributed by atoms with Gasteiger partial charge in [-0.3, -0.25) is 0 Å². The van der Waals surface area contributed by atoms with E-state index in [9.17, 15) is 0 Å². The number of aryl methyl sites for hydroxylation is 1. The van der Waals surface area contributed by atoms with E-state index in [4.69, 9.17) is 14.2 Å². The van der Waals surface area contributed by atoms with Crippen molar-refractivity contribution in [2.45, 2.75) is 25.7 Å². The Labute approximate surface area is 159 Å². The number of rotatable bonds is 6. The molecule has 1 aliphatic rings. The lowest BCUT2D eigenvalue weighted by atomic mass is 10.1. The highest BCUT2D eigenvalue weighted by Crippen LogP contribution is 2.13. The lowest BCUT2D eigenvalue weighted by Gasteiger charge is -2.21. The topological polar surface area (TPSA) is 31.6 Å². The molecule has 1 aromatic heterocycles. The molecule has 134 valence electrons. The van der Waals surface area contributed by atoms with Crippen molar-refractivity contribution in [2.75, 3.05) is 20.3 Å². The van der Waals surface area contributed by atoms with Gasteiger partial charge in [-0.2, -0.15) is 0 Å². The first kappa shape index (κ1) is 19.6. The molecule has 2 heterocycles. The van der Waals surface area contributed by atoms with E-state index in [0.29, 0.717) is 0 Å². The third-order valence-electron chi connectivity index (χ3n) is 4.02. The molecule has 0 amide bonds. The average molecular weight is 406 g/mol. The number of hydrogen-bond acceptors (Lipinski definition) is 3. The van der Waals surface area contributed by atoms with E-state index in [2.05, 4.69) is 41.2 Å². The number of ether oxygens (including phenoxy) is 3. The molecule has 0 atom stereocenters. The van der Waals surface area contributed by atoms with Crippen molar-refractivity contribution < 1.29 is 35.8 Å². The Morgan fingerprint density at radius 1 is 1.00 bits per heavy atom. The van der Waals surface area contributed by atoms with Gasteiger partial charge < -0.3 is 31.2 Å². The average Bonchev–Trinajstić information content (AvgIpc) is 2.67. The molecule has 0 spiro atoms. The van der Waals surface area contributed by atoms with Crippen molar-refractivity contribution in [1.82, 2.24) is 0 Å². The quantitative estimate of drug-likeness (QED) is 0.648. The zero-order valence-electron chi connectivity index (χ0n) is 14.4. The first-order valence-corrected chi connectivity index (χ1v) is 8.38. The number of aromatic nitrogens is 1. The maximum atomic E-state index is 5.57. The summed E-state index contributed by atoms with van der Waals surface area (Å²) in [6.07, 6.45) is 10.2. The van der Waals surface area contributed by atoms with Crippen LogP contribution in [0.25, 0.3) is 12.2 Å². The van der Waals surface area contributed by atoms with Crippen LogP contribution in [0, 0.1) is 0 Å². The van der Waals surface area contributed by atoms with E-state index in [1.165, 1.54) is 5.56 Å². The molecule has 2 aromatic rings. The molecule has 0 unspecified atom stereocenters. The lowest BCUT2D eigenvalue weighted by Crippen LogP contribution is -3.00. The molecule has 0 N–H and O–H groups in total. The Bertz CT molecular complexity index is 650. The van der Waals surface area contributed by atoms with E-state index >= 15 is 0 Å². The smallest absolute Gasteiger partial charge is 0.169 e. The minimum Gasteiger partial charge on any atom is -1.00 e.